The van der Waals surface area contributed by atoms with Crippen LogP contribution in [0.1, 0.15) is 6.92 Å². The topological polar surface area (TPSA) is 49.3 Å². The van der Waals surface area contributed by atoms with Gasteiger partial charge < -0.3 is 10.4 Å². The van der Waals surface area contributed by atoms with E-state index in [-0.39, 0.29) is 18.4 Å². The van der Waals surface area contributed by atoms with Crippen LogP contribution in [0.25, 0.3) is 0 Å². The van der Waals surface area contributed by atoms with Crippen LogP contribution in [0.2, 0.25) is 15.1 Å². The Kier molecular flexibility index (Phi) is 7.32. The molecular formula is C12H14Cl3NO2S. The summed E-state index contributed by atoms with van der Waals surface area (Å²) in [5, 5.41) is 12.6. The molecule has 0 radical (unpaired) electrons. The molecule has 19 heavy (non-hydrogen) atoms. The van der Waals surface area contributed by atoms with Crippen LogP contribution in [-0.4, -0.2) is 29.1 Å². The number of aliphatic hydroxyl groups is 1. The molecule has 3 nitrogen and oxygen atoms in total. The summed E-state index contributed by atoms with van der Waals surface area (Å²) in [6.45, 7) is 2.04. The number of thioether (sulfide) groups is 1. The molecule has 0 aliphatic rings. The molecule has 0 saturated heterocycles. The zero-order valence-corrected chi connectivity index (χ0v) is 13.3. The molecule has 1 aromatic carbocycles. The van der Waals surface area contributed by atoms with Crippen LogP contribution in [0.5, 0.6) is 0 Å². The Labute approximate surface area is 131 Å². The molecule has 7 heteroatoms. The van der Waals surface area contributed by atoms with Crippen molar-refractivity contribution in [2.24, 2.45) is 5.92 Å². The van der Waals surface area contributed by atoms with Gasteiger partial charge in [-0.15, -0.1) is 0 Å². The molecule has 1 aromatic rings. The average Bonchev–Trinajstić information content (AvgIpc) is 2.35. The second kappa shape index (κ2) is 8.22. The summed E-state index contributed by atoms with van der Waals surface area (Å²) in [7, 11) is 0. The van der Waals surface area contributed by atoms with Crippen molar-refractivity contribution < 1.29 is 9.90 Å². The second-order valence-corrected chi connectivity index (χ2v) is 6.35. The maximum atomic E-state index is 11.7. The largest absolute Gasteiger partial charge is 0.396 e. The maximum absolute atomic E-state index is 11.7. The number of hydrogen-bond acceptors (Lipinski definition) is 3. The summed E-state index contributed by atoms with van der Waals surface area (Å²) in [5.41, 5.74) is 0.442. The fourth-order valence-corrected chi connectivity index (χ4v) is 2.69. The van der Waals surface area contributed by atoms with Gasteiger partial charge in [-0.1, -0.05) is 41.7 Å². The number of amides is 1. The lowest BCUT2D eigenvalue weighted by molar-refractivity contribution is -0.113. The average molecular weight is 343 g/mol. The van der Waals surface area contributed by atoms with Gasteiger partial charge in [0.1, 0.15) is 0 Å². The maximum Gasteiger partial charge on any atom is 0.234 e. The lowest BCUT2D eigenvalue weighted by Crippen LogP contribution is -2.16. The van der Waals surface area contributed by atoms with Gasteiger partial charge in [0.2, 0.25) is 5.91 Å². The van der Waals surface area contributed by atoms with Gasteiger partial charge in [0.05, 0.1) is 26.5 Å². The lowest BCUT2D eigenvalue weighted by Gasteiger charge is -2.10. The van der Waals surface area contributed by atoms with Crippen molar-refractivity contribution in [3.05, 3.63) is 27.2 Å². The highest BCUT2D eigenvalue weighted by Gasteiger charge is 2.10. The van der Waals surface area contributed by atoms with Crippen molar-refractivity contribution in [2.45, 2.75) is 6.92 Å². The molecule has 0 aromatic heterocycles. The third-order valence-corrected chi connectivity index (χ3v) is 4.54. The Morgan fingerprint density at radius 3 is 2.58 bits per heavy atom. The highest BCUT2D eigenvalue weighted by molar-refractivity contribution is 7.99. The Hall–Kier alpha value is -0.130. The smallest absolute Gasteiger partial charge is 0.234 e. The summed E-state index contributed by atoms with van der Waals surface area (Å²) in [6.07, 6.45) is 0. The van der Waals surface area contributed by atoms with Crippen molar-refractivity contribution in [3.8, 4) is 0 Å². The number of carbonyl (C=O) groups excluding carboxylic acids is 1. The first-order chi connectivity index (χ1) is 8.93. The van der Waals surface area contributed by atoms with Gasteiger partial charge in [-0.05, 0) is 23.8 Å². The molecule has 1 atom stereocenters. The van der Waals surface area contributed by atoms with E-state index in [0.29, 0.717) is 26.5 Å². The fraction of sp³-hybridized carbons (Fsp3) is 0.417. The zero-order valence-electron chi connectivity index (χ0n) is 10.3. The van der Waals surface area contributed by atoms with E-state index in [1.165, 1.54) is 23.9 Å². The first kappa shape index (κ1) is 16.9. The Bertz CT molecular complexity index is 457. The predicted octanol–water partition coefficient (Wildman–Crippen LogP) is 3.95. The number of benzene rings is 1. The number of carbonyl (C=O) groups is 1. The van der Waals surface area contributed by atoms with E-state index < -0.39 is 0 Å². The standard InChI is InChI=1S/C12H14Cl3NO2S/c1-7(4-17)5-19-6-12(18)16-11-3-9(14)8(13)2-10(11)15/h2-3,7,17H,4-6H2,1H3,(H,16,18). The lowest BCUT2D eigenvalue weighted by atomic mass is 10.2. The van der Waals surface area contributed by atoms with Gasteiger partial charge in [-0.3, -0.25) is 4.79 Å². The summed E-state index contributed by atoms with van der Waals surface area (Å²) in [4.78, 5) is 11.7. The molecule has 0 bridgehead atoms. The van der Waals surface area contributed by atoms with Gasteiger partial charge in [0, 0.05) is 6.61 Å². The Morgan fingerprint density at radius 1 is 1.32 bits per heavy atom. The number of rotatable bonds is 6. The predicted molar refractivity (Wildman–Crippen MR) is 83.7 cm³/mol. The molecule has 1 unspecified atom stereocenters. The minimum absolute atomic E-state index is 0.118. The minimum atomic E-state index is -0.171. The van der Waals surface area contributed by atoms with Crippen LogP contribution in [-0.2, 0) is 4.79 Å². The Balaban J connectivity index is 2.51. The number of nitrogens with one attached hydrogen (secondary N) is 1. The van der Waals surface area contributed by atoms with E-state index in [2.05, 4.69) is 5.32 Å². The molecule has 0 spiro atoms. The van der Waals surface area contributed by atoms with Crippen molar-refractivity contribution in [2.75, 3.05) is 23.4 Å². The van der Waals surface area contributed by atoms with Crippen LogP contribution in [0, 0.1) is 5.92 Å². The van der Waals surface area contributed by atoms with Crippen LogP contribution >= 0.6 is 46.6 Å². The van der Waals surface area contributed by atoms with E-state index >= 15 is 0 Å². The summed E-state index contributed by atoms with van der Waals surface area (Å²) >= 11 is 19.1. The van der Waals surface area contributed by atoms with Crippen molar-refractivity contribution >= 4 is 58.2 Å². The SMILES string of the molecule is CC(CO)CSCC(=O)Nc1cc(Cl)c(Cl)cc1Cl. The molecule has 0 saturated carbocycles. The summed E-state index contributed by atoms with van der Waals surface area (Å²) in [6, 6.07) is 3.01. The van der Waals surface area contributed by atoms with Crippen LogP contribution < -0.4 is 5.32 Å². The van der Waals surface area contributed by atoms with E-state index in [0.717, 1.165) is 5.75 Å². The van der Waals surface area contributed by atoms with E-state index in [9.17, 15) is 4.79 Å². The fourth-order valence-electron chi connectivity index (χ4n) is 1.21. The third-order valence-electron chi connectivity index (χ3n) is 2.23. The van der Waals surface area contributed by atoms with Gasteiger partial charge >= 0.3 is 0 Å². The van der Waals surface area contributed by atoms with Crippen LogP contribution in [0.3, 0.4) is 0 Å². The molecule has 0 aliphatic carbocycles. The summed E-state index contributed by atoms with van der Waals surface area (Å²) < 4.78 is 0. The number of halogens is 3. The molecule has 1 amide bonds. The van der Waals surface area contributed by atoms with E-state index in [1.54, 1.807) is 0 Å². The minimum Gasteiger partial charge on any atom is -0.396 e. The van der Waals surface area contributed by atoms with Crippen molar-refractivity contribution in [1.82, 2.24) is 0 Å². The van der Waals surface area contributed by atoms with E-state index in [4.69, 9.17) is 39.9 Å². The summed E-state index contributed by atoms with van der Waals surface area (Å²) in [5.74, 6) is 1.02. The molecule has 0 aliphatic heterocycles. The van der Waals surface area contributed by atoms with Gasteiger partial charge in [0.25, 0.3) is 0 Å². The van der Waals surface area contributed by atoms with Crippen molar-refractivity contribution in [1.29, 1.82) is 0 Å². The second-order valence-electron chi connectivity index (χ2n) is 4.10. The van der Waals surface area contributed by atoms with Gasteiger partial charge in [0.15, 0.2) is 0 Å². The molecule has 1 rings (SSSR count). The van der Waals surface area contributed by atoms with Gasteiger partial charge in [-0.25, -0.2) is 0 Å². The first-order valence-corrected chi connectivity index (χ1v) is 7.86. The normalized spacial score (nSPS) is 12.3. The third kappa shape index (κ3) is 5.79. The highest BCUT2D eigenvalue weighted by atomic mass is 35.5. The molecule has 2 N–H and O–H groups in total. The quantitative estimate of drug-likeness (QED) is 0.770. The van der Waals surface area contributed by atoms with Crippen molar-refractivity contribution in [3.63, 3.8) is 0 Å². The first-order valence-electron chi connectivity index (χ1n) is 5.57. The Morgan fingerprint density at radius 2 is 1.95 bits per heavy atom. The zero-order chi connectivity index (χ0) is 14.4. The monoisotopic (exact) mass is 341 g/mol. The highest BCUT2D eigenvalue weighted by Crippen LogP contribution is 2.32. The molecule has 106 valence electrons. The van der Waals surface area contributed by atoms with E-state index in [1.807, 2.05) is 6.92 Å². The number of anilines is 1. The van der Waals surface area contributed by atoms with Crippen LogP contribution in [0.4, 0.5) is 5.69 Å². The molecule has 0 heterocycles. The molecular weight excluding hydrogens is 329 g/mol. The van der Waals surface area contributed by atoms with Crippen LogP contribution in [0.15, 0.2) is 12.1 Å². The number of hydrogen-bond donors (Lipinski definition) is 2. The van der Waals surface area contributed by atoms with Gasteiger partial charge in [-0.2, -0.15) is 11.8 Å². The number of aliphatic hydroxyl groups excluding tert-OH is 1. The molecule has 0 fully saturated rings.